The molecule has 0 bridgehead atoms. The number of hydrogen-bond acceptors (Lipinski definition) is 5. The molecular weight excluding hydrogens is 295 g/mol. The highest BCUT2D eigenvalue weighted by Crippen LogP contribution is 2.40. The molecule has 0 N–H and O–H groups in total. The Hall–Kier alpha value is -2.26. The molecule has 2 aliphatic rings. The first kappa shape index (κ1) is 14.3. The van der Waals surface area contributed by atoms with E-state index in [2.05, 4.69) is 21.1 Å². The van der Waals surface area contributed by atoms with E-state index >= 15 is 0 Å². The summed E-state index contributed by atoms with van der Waals surface area (Å²) in [4.78, 5) is 6.70. The first-order valence-electron chi connectivity index (χ1n) is 8.00. The Morgan fingerprint density at radius 2 is 2.22 bits per heavy atom. The first-order valence-corrected chi connectivity index (χ1v) is 8.00. The summed E-state index contributed by atoms with van der Waals surface area (Å²) in [5, 5.41) is 13.1. The Morgan fingerprint density at radius 1 is 1.35 bits per heavy atom. The third kappa shape index (κ3) is 2.84. The van der Waals surface area contributed by atoms with Gasteiger partial charge in [-0.15, -0.1) is 0 Å². The van der Waals surface area contributed by atoms with Gasteiger partial charge in [0.25, 0.3) is 0 Å². The molecule has 0 radical (unpaired) electrons. The molecule has 118 valence electrons. The second-order valence-electron chi connectivity index (χ2n) is 6.31. The molecule has 1 aromatic heterocycles. The van der Waals surface area contributed by atoms with Crippen LogP contribution in [0.3, 0.4) is 0 Å². The number of benzene rings is 1. The molecule has 5 nitrogen and oxygen atoms in total. The second-order valence-corrected chi connectivity index (χ2v) is 6.31. The van der Waals surface area contributed by atoms with Crippen LogP contribution in [-0.2, 0) is 6.54 Å². The van der Waals surface area contributed by atoms with Crippen LogP contribution in [0.4, 0.5) is 4.39 Å². The lowest BCUT2D eigenvalue weighted by Gasteiger charge is -2.22. The van der Waals surface area contributed by atoms with Crippen LogP contribution in [0.1, 0.15) is 60.5 Å². The molecule has 1 saturated heterocycles. The van der Waals surface area contributed by atoms with Crippen molar-refractivity contribution >= 4 is 0 Å². The molecule has 2 heterocycles. The van der Waals surface area contributed by atoms with Gasteiger partial charge in [0.2, 0.25) is 5.89 Å². The number of nitriles is 1. The second kappa shape index (κ2) is 5.74. The maximum absolute atomic E-state index is 14.0. The summed E-state index contributed by atoms with van der Waals surface area (Å²) in [5.74, 6) is 1.61. The zero-order valence-corrected chi connectivity index (χ0v) is 12.7. The molecule has 2 aromatic rings. The van der Waals surface area contributed by atoms with Crippen molar-refractivity contribution in [1.29, 1.82) is 5.26 Å². The quantitative estimate of drug-likeness (QED) is 0.866. The zero-order valence-electron chi connectivity index (χ0n) is 12.7. The summed E-state index contributed by atoms with van der Waals surface area (Å²) in [5.41, 5.74) is 1.02. The van der Waals surface area contributed by atoms with Crippen molar-refractivity contribution in [2.45, 2.75) is 44.2 Å². The lowest BCUT2D eigenvalue weighted by Crippen LogP contribution is -2.24. The summed E-state index contributed by atoms with van der Waals surface area (Å²) < 4.78 is 19.4. The molecule has 1 atom stereocenters. The minimum absolute atomic E-state index is 0.0661. The van der Waals surface area contributed by atoms with Crippen LogP contribution in [-0.4, -0.2) is 21.6 Å². The topological polar surface area (TPSA) is 66.0 Å². The zero-order chi connectivity index (χ0) is 15.8. The van der Waals surface area contributed by atoms with E-state index < -0.39 is 0 Å². The van der Waals surface area contributed by atoms with Gasteiger partial charge in [-0.2, -0.15) is 10.2 Å². The van der Waals surface area contributed by atoms with E-state index in [9.17, 15) is 4.39 Å². The molecule has 0 amide bonds. The van der Waals surface area contributed by atoms with E-state index in [0.29, 0.717) is 29.4 Å². The number of rotatable bonds is 4. The van der Waals surface area contributed by atoms with Crippen LogP contribution in [0.15, 0.2) is 22.7 Å². The van der Waals surface area contributed by atoms with Crippen LogP contribution < -0.4 is 0 Å². The largest absolute Gasteiger partial charge is 0.339 e. The maximum Gasteiger partial charge on any atom is 0.229 e. The van der Waals surface area contributed by atoms with Crippen molar-refractivity contribution in [2.75, 3.05) is 6.54 Å². The molecule has 1 aromatic carbocycles. The normalized spacial score (nSPS) is 21.5. The first-order chi connectivity index (χ1) is 11.2. The predicted octanol–water partition coefficient (Wildman–Crippen LogP) is 3.29. The fraction of sp³-hybridized carbons (Fsp3) is 0.471. The molecule has 1 aliphatic carbocycles. The molecule has 0 spiro atoms. The van der Waals surface area contributed by atoms with Crippen molar-refractivity contribution in [3.63, 3.8) is 0 Å². The van der Waals surface area contributed by atoms with Crippen LogP contribution >= 0.6 is 0 Å². The van der Waals surface area contributed by atoms with Crippen molar-refractivity contribution in [3.8, 4) is 6.07 Å². The fourth-order valence-corrected chi connectivity index (χ4v) is 3.17. The summed E-state index contributed by atoms with van der Waals surface area (Å²) in [6, 6.07) is 6.61. The van der Waals surface area contributed by atoms with Crippen LogP contribution in [0.25, 0.3) is 0 Å². The van der Waals surface area contributed by atoms with Crippen LogP contribution in [0, 0.1) is 17.1 Å². The van der Waals surface area contributed by atoms with E-state index in [4.69, 9.17) is 9.78 Å². The third-order valence-corrected chi connectivity index (χ3v) is 4.59. The van der Waals surface area contributed by atoms with E-state index in [-0.39, 0.29) is 11.9 Å². The number of aromatic nitrogens is 2. The summed E-state index contributed by atoms with van der Waals surface area (Å²) >= 11 is 0. The number of nitrogens with zero attached hydrogens (tertiary/aromatic N) is 4. The van der Waals surface area contributed by atoms with E-state index in [1.165, 1.54) is 12.1 Å². The van der Waals surface area contributed by atoms with Crippen molar-refractivity contribution in [2.24, 2.45) is 0 Å². The van der Waals surface area contributed by atoms with Gasteiger partial charge in [0, 0.05) is 18.0 Å². The summed E-state index contributed by atoms with van der Waals surface area (Å²) in [7, 11) is 0. The smallest absolute Gasteiger partial charge is 0.229 e. The highest BCUT2D eigenvalue weighted by atomic mass is 19.1. The van der Waals surface area contributed by atoms with Gasteiger partial charge in [0.15, 0.2) is 5.82 Å². The Balaban J connectivity index is 1.54. The molecule has 6 heteroatoms. The van der Waals surface area contributed by atoms with Gasteiger partial charge < -0.3 is 4.52 Å². The highest BCUT2D eigenvalue weighted by molar-refractivity contribution is 5.33. The number of likely N-dealkylation sites (tertiary alicyclic amines) is 1. The fourth-order valence-electron chi connectivity index (χ4n) is 3.17. The minimum Gasteiger partial charge on any atom is -0.339 e. The predicted molar refractivity (Wildman–Crippen MR) is 79.8 cm³/mol. The standard InChI is InChI=1S/C17H17FN4O/c18-14-6-3-11(9-19)8-13(14)10-22-7-1-2-15(22)16-20-17(23-21-16)12-4-5-12/h3,6,8,12,15H,1-2,4-5,7,10H2/t15-/m1/s1. The van der Waals surface area contributed by atoms with E-state index in [1.54, 1.807) is 6.07 Å². The monoisotopic (exact) mass is 312 g/mol. The van der Waals surface area contributed by atoms with Gasteiger partial charge in [0.05, 0.1) is 17.7 Å². The maximum atomic E-state index is 14.0. The van der Waals surface area contributed by atoms with E-state index in [1.807, 2.05) is 0 Å². The van der Waals surface area contributed by atoms with Crippen molar-refractivity contribution in [1.82, 2.24) is 15.0 Å². The van der Waals surface area contributed by atoms with Crippen LogP contribution in [0.2, 0.25) is 0 Å². The number of halogens is 1. The van der Waals surface area contributed by atoms with Gasteiger partial charge in [0.1, 0.15) is 5.82 Å². The molecule has 1 saturated carbocycles. The van der Waals surface area contributed by atoms with Gasteiger partial charge in [-0.05, 0) is 50.4 Å². The third-order valence-electron chi connectivity index (χ3n) is 4.59. The SMILES string of the molecule is N#Cc1ccc(F)c(CN2CCC[C@@H]2c2noc(C3CC3)n2)c1. The Labute approximate surface area is 133 Å². The van der Waals surface area contributed by atoms with Crippen molar-refractivity contribution in [3.05, 3.63) is 46.9 Å². The average Bonchev–Trinajstić information content (AvgIpc) is 3.12. The lowest BCUT2D eigenvalue weighted by molar-refractivity contribution is 0.231. The average molecular weight is 312 g/mol. The van der Waals surface area contributed by atoms with Gasteiger partial charge in [-0.1, -0.05) is 5.16 Å². The molecule has 2 fully saturated rings. The van der Waals surface area contributed by atoms with Gasteiger partial charge in [-0.25, -0.2) is 4.39 Å². The lowest BCUT2D eigenvalue weighted by atomic mass is 10.1. The molecular formula is C17H17FN4O. The molecule has 23 heavy (non-hydrogen) atoms. The molecule has 1 aliphatic heterocycles. The molecule has 4 rings (SSSR count). The Bertz CT molecular complexity index is 762. The number of hydrogen-bond donors (Lipinski definition) is 0. The van der Waals surface area contributed by atoms with E-state index in [0.717, 1.165) is 38.1 Å². The Morgan fingerprint density at radius 3 is 3.00 bits per heavy atom. The Kier molecular flexibility index (Phi) is 3.58. The molecule has 0 unspecified atom stereocenters. The highest BCUT2D eigenvalue weighted by Gasteiger charge is 2.34. The van der Waals surface area contributed by atoms with Crippen LogP contribution in [0.5, 0.6) is 0 Å². The summed E-state index contributed by atoms with van der Waals surface area (Å²) in [6.45, 7) is 1.33. The summed E-state index contributed by atoms with van der Waals surface area (Å²) in [6.07, 6.45) is 4.23. The van der Waals surface area contributed by atoms with Gasteiger partial charge >= 0.3 is 0 Å². The van der Waals surface area contributed by atoms with Gasteiger partial charge in [-0.3, -0.25) is 4.90 Å². The van der Waals surface area contributed by atoms with Crippen molar-refractivity contribution < 1.29 is 8.91 Å². The minimum atomic E-state index is -0.276.